The number of aromatic nitrogens is 1. The molecule has 0 radical (unpaired) electrons. The van der Waals surface area contributed by atoms with Crippen LogP contribution in [0.1, 0.15) is 24.0 Å². The summed E-state index contributed by atoms with van der Waals surface area (Å²) in [4.78, 5) is 4.38. The highest BCUT2D eigenvalue weighted by Gasteiger charge is 2.38. The Morgan fingerprint density at radius 2 is 2.09 bits per heavy atom. The van der Waals surface area contributed by atoms with Gasteiger partial charge in [0.05, 0.1) is 12.0 Å². The molecule has 0 atom stereocenters. The predicted molar refractivity (Wildman–Crippen MR) is 87.7 cm³/mol. The molecule has 1 aliphatic carbocycles. The van der Waals surface area contributed by atoms with Gasteiger partial charge in [0.25, 0.3) is 0 Å². The fourth-order valence-corrected chi connectivity index (χ4v) is 4.35. The highest BCUT2D eigenvalue weighted by atomic mass is 32.2. The first-order chi connectivity index (χ1) is 11.0. The van der Waals surface area contributed by atoms with E-state index in [1.165, 1.54) is 0 Å². The van der Waals surface area contributed by atoms with Crippen LogP contribution >= 0.6 is 0 Å². The number of sulfonamides is 1. The smallest absolute Gasteiger partial charge is 0.243 e. The van der Waals surface area contributed by atoms with E-state index in [-0.39, 0.29) is 6.04 Å². The minimum absolute atomic E-state index is 0.0858. The van der Waals surface area contributed by atoms with Crippen LogP contribution in [0.4, 0.5) is 0 Å². The number of hydrogen-bond donors (Lipinski definition) is 0. The number of aryl methyl sites for hydroxylation is 1. The normalized spacial score (nSPS) is 14.9. The van der Waals surface area contributed by atoms with Crippen molar-refractivity contribution in [3.05, 3.63) is 53.9 Å². The van der Waals surface area contributed by atoms with Crippen LogP contribution < -0.4 is 4.74 Å². The number of hydrogen-bond acceptors (Lipinski definition) is 4. The zero-order valence-corrected chi connectivity index (χ0v) is 14.1. The molecular weight excluding hydrogens is 312 g/mol. The molecule has 122 valence electrons. The Bertz CT molecular complexity index is 787. The third kappa shape index (κ3) is 3.38. The second kappa shape index (κ2) is 6.29. The first kappa shape index (κ1) is 16.0. The molecule has 0 aliphatic heterocycles. The lowest BCUT2D eigenvalue weighted by molar-refractivity contribution is 0.397. The lowest BCUT2D eigenvalue weighted by atomic mass is 10.2. The summed E-state index contributed by atoms with van der Waals surface area (Å²) < 4.78 is 32.9. The highest BCUT2D eigenvalue weighted by molar-refractivity contribution is 7.89. The maximum atomic E-state index is 13.0. The molecule has 0 amide bonds. The van der Waals surface area contributed by atoms with E-state index in [1.807, 2.05) is 19.1 Å². The molecule has 6 heteroatoms. The van der Waals surface area contributed by atoms with Crippen molar-refractivity contribution in [3.63, 3.8) is 0 Å². The summed E-state index contributed by atoms with van der Waals surface area (Å²) in [7, 11) is -1.95. The molecule has 0 unspecified atom stereocenters. The molecule has 0 N–H and O–H groups in total. The largest absolute Gasteiger partial charge is 0.496 e. The van der Waals surface area contributed by atoms with E-state index in [9.17, 15) is 8.42 Å². The van der Waals surface area contributed by atoms with E-state index in [0.717, 1.165) is 24.0 Å². The Labute approximate surface area is 137 Å². The molecule has 2 aromatic rings. The van der Waals surface area contributed by atoms with Gasteiger partial charge >= 0.3 is 0 Å². The van der Waals surface area contributed by atoms with Gasteiger partial charge in [-0.1, -0.05) is 6.07 Å². The van der Waals surface area contributed by atoms with Crippen LogP contribution in [0.15, 0.2) is 47.6 Å². The summed E-state index contributed by atoms with van der Waals surface area (Å²) in [5.74, 6) is 0.689. The van der Waals surface area contributed by atoms with Gasteiger partial charge in [-0.05, 0) is 55.2 Å². The summed E-state index contributed by atoms with van der Waals surface area (Å²) in [6.45, 7) is 2.20. The summed E-state index contributed by atoms with van der Waals surface area (Å²) in [6.07, 6.45) is 5.22. The summed E-state index contributed by atoms with van der Waals surface area (Å²) in [5.41, 5.74) is 1.71. The summed E-state index contributed by atoms with van der Waals surface area (Å²) in [5, 5.41) is 0. The molecule has 1 heterocycles. The molecule has 0 bridgehead atoms. The molecule has 1 fully saturated rings. The van der Waals surface area contributed by atoms with Crippen molar-refractivity contribution in [1.82, 2.24) is 9.29 Å². The van der Waals surface area contributed by atoms with E-state index >= 15 is 0 Å². The van der Waals surface area contributed by atoms with Gasteiger partial charge in [0.1, 0.15) is 5.75 Å². The Morgan fingerprint density at radius 1 is 1.30 bits per heavy atom. The lowest BCUT2D eigenvalue weighted by Gasteiger charge is -2.22. The molecule has 1 saturated carbocycles. The number of pyridine rings is 1. The van der Waals surface area contributed by atoms with Crippen molar-refractivity contribution in [2.45, 2.75) is 37.2 Å². The molecule has 0 spiro atoms. The van der Waals surface area contributed by atoms with Gasteiger partial charge in [0, 0.05) is 25.0 Å². The quantitative estimate of drug-likeness (QED) is 0.816. The minimum Gasteiger partial charge on any atom is -0.496 e. The van der Waals surface area contributed by atoms with Gasteiger partial charge in [-0.15, -0.1) is 0 Å². The zero-order chi connectivity index (χ0) is 16.4. The average molecular weight is 332 g/mol. The molecule has 5 nitrogen and oxygen atoms in total. The third-order valence-corrected chi connectivity index (χ3v) is 5.88. The Balaban J connectivity index is 1.93. The Kier molecular flexibility index (Phi) is 4.37. The first-order valence-corrected chi connectivity index (χ1v) is 9.02. The second-order valence-electron chi connectivity index (χ2n) is 5.77. The van der Waals surface area contributed by atoms with Crippen LogP contribution in [0, 0.1) is 6.92 Å². The topological polar surface area (TPSA) is 59.5 Å². The predicted octanol–water partition coefficient (Wildman–Crippen LogP) is 2.75. The van der Waals surface area contributed by atoms with Gasteiger partial charge in [0.15, 0.2) is 0 Å². The Hall–Kier alpha value is -1.92. The maximum Gasteiger partial charge on any atom is 0.243 e. The Morgan fingerprint density at radius 3 is 2.65 bits per heavy atom. The van der Waals surface area contributed by atoms with Gasteiger partial charge in [-0.2, -0.15) is 4.31 Å². The van der Waals surface area contributed by atoms with Crippen LogP contribution in [0.5, 0.6) is 5.75 Å². The molecule has 0 saturated heterocycles. The van der Waals surface area contributed by atoms with Crippen LogP contribution in [-0.2, 0) is 16.6 Å². The molecule has 23 heavy (non-hydrogen) atoms. The van der Waals surface area contributed by atoms with Gasteiger partial charge in [0.2, 0.25) is 10.0 Å². The van der Waals surface area contributed by atoms with E-state index < -0.39 is 10.0 Å². The van der Waals surface area contributed by atoms with Crippen molar-refractivity contribution in [2.24, 2.45) is 0 Å². The van der Waals surface area contributed by atoms with E-state index in [2.05, 4.69) is 4.98 Å². The van der Waals surface area contributed by atoms with Crippen molar-refractivity contribution >= 4 is 10.0 Å². The number of methoxy groups -OCH3 is 1. The third-order valence-electron chi connectivity index (χ3n) is 3.99. The van der Waals surface area contributed by atoms with Crippen molar-refractivity contribution in [3.8, 4) is 5.75 Å². The molecule has 3 rings (SSSR count). The number of ether oxygens (including phenoxy) is 1. The zero-order valence-electron chi connectivity index (χ0n) is 13.3. The lowest BCUT2D eigenvalue weighted by Crippen LogP contribution is -2.32. The average Bonchev–Trinajstić information content (AvgIpc) is 3.38. The SMILES string of the molecule is COc1ccc(S(=O)(=O)N(Cc2cccnc2)C2CC2)cc1C. The van der Waals surface area contributed by atoms with Crippen LogP contribution in [-0.4, -0.2) is 30.9 Å². The summed E-state index contributed by atoms with van der Waals surface area (Å²) >= 11 is 0. The van der Waals surface area contributed by atoms with Crippen LogP contribution in [0.25, 0.3) is 0 Å². The summed E-state index contributed by atoms with van der Waals surface area (Å²) in [6, 6.07) is 8.80. The highest BCUT2D eigenvalue weighted by Crippen LogP contribution is 2.34. The van der Waals surface area contributed by atoms with Crippen molar-refractivity contribution < 1.29 is 13.2 Å². The fraction of sp³-hybridized carbons (Fsp3) is 0.353. The van der Waals surface area contributed by atoms with Crippen LogP contribution in [0.2, 0.25) is 0 Å². The molecule has 1 aliphatic rings. The maximum absolute atomic E-state index is 13.0. The van der Waals surface area contributed by atoms with Gasteiger partial charge in [-0.25, -0.2) is 8.42 Å². The number of nitrogens with zero attached hydrogens (tertiary/aromatic N) is 2. The van der Waals surface area contributed by atoms with Crippen molar-refractivity contribution in [1.29, 1.82) is 0 Å². The molecular formula is C17H20N2O3S. The van der Waals surface area contributed by atoms with E-state index in [1.54, 1.807) is 42.0 Å². The monoisotopic (exact) mass is 332 g/mol. The van der Waals surface area contributed by atoms with E-state index in [0.29, 0.717) is 17.2 Å². The number of benzene rings is 1. The molecule has 1 aromatic heterocycles. The first-order valence-electron chi connectivity index (χ1n) is 7.58. The van der Waals surface area contributed by atoms with Gasteiger partial charge in [-0.3, -0.25) is 4.98 Å². The van der Waals surface area contributed by atoms with Crippen LogP contribution in [0.3, 0.4) is 0 Å². The van der Waals surface area contributed by atoms with Crippen molar-refractivity contribution in [2.75, 3.05) is 7.11 Å². The van der Waals surface area contributed by atoms with E-state index in [4.69, 9.17) is 4.74 Å². The number of rotatable bonds is 6. The standard InChI is InChI=1S/C17H20N2O3S/c1-13-10-16(7-8-17(13)22-2)23(20,21)19(15-5-6-15)12-14-4-3-9-18-11-14/h3-4,7-11,15H,5-6,12H2,1-2H3. The second-order valence-corrected chi connectivity index (χ2v) is 7.66. The van der Waals surface area contributed by atoms with Gasteiger partial charge < -0.3 is 4.74 Å². The fourth-order valence-electron chi connectivity index (χ4n) is 2.59. The molecule has 1 aromatic carbocycles. The minimum atomic E-state index is -3.53.